The number of likely N-dealkylation sites (tertiary alicyclic amines) is 1. The molecule has 1 heterocycles. The van der Waals surface area contributed by atoms with Gasteiger partial charge >= 0.3 is 6.09 Å². The van der Waals surface area contributed by atoms with E-state index in [1.54, 1.807) is 0 Å². The maximum Gasteiger partial charge on any atom is 0.409 e. The van der Waals surface area contributed by atoms with Crippen LogP contribution in [0.15, 0.2) is 0 Å². The molecule has 3 N–H and O–H groups in total. The molecule has 0 spiro atoms. The van der Waals surface area contributed by atoms with Crippen LogP contribution in [0.3, 0.4) is 0 Å². The Balaban J connectivity index is 2.64. The Hall–Kier alpha value is -0.810. The molecule has 1 aliphatic rings. The largest absolute Gasteiger partial charge is 0.453 e. The highest BCUT2D eigenvalue weighted by Crippen LogP contribution is 2.20. The minimum absolute atomic E-state index is 0.181. The minimum Gasteiger partial charge on any atom is -0.453 e. The highest BCUT2D eigenvalue weighted by molar-refractivity contribution is 5.67. The number of aliphatic hydroxyl groups is 1. The molecule has 1 aliphatic heterocycles. The summed E-state index contributed by atoms with van der Waals surface area (Å²) in [5, 5.41) is 10.0. The van der Waals surface area contributed by atoms with Gasteiger partial charge in [-0.3, -0.25) is 0 Å². The predicted octanol–water partition coefficient (Wildman–Crippen LogP) is -0.0715. The van der Waals surface area contributed by atoms with Gasteiger partial charge < -0.3 is 20.5 Å². The van der Waals surface area contributed by atoms with Crippen molar-refractivity contribution < 1.29 is 14.6 Å². The van der Waals surface area contributed by atoms with Crippen LogP contribution in [0, 0.1) is 0 Å². The molecule has 0 bridgehead atoms. The van der Waals surface area contributed by atoms with Gasteiger partial charge in [-0.1, -0.05) is 0 Å². The van der Waals surface area contributed by atoms with Crippen molar-refractivity contribution in [1.29, 1.82) is 0 Å². The molecule has 0 aliphatic carbocycles. The van der Waals surface area contributed by atoms with Gasteiger partial charge in [0.05, 0.1) is 19.3 Å². The smallest absolute Gasteiger partial charge is 0.409 e. The molecule has 0 aromatic heterocycles. The standard InChI is InChI=1S/C9H18N2O3/c1-14-8(12)11-5-3-2-4-9(13,6-10)7-11/h13H,2-7,10H2,1H3. The van der Waals surface area contributed by atoms with Gasteiger partial charge in [0.15, 0.2) is 0 Å². The van der Waals surface area contributed by atoms with Crippen molar-refractivity contribution in [3.05, 3.63) is 0 Å². The molecule has 0 radical (unpaired) electrons. The first-order chi connectivity index (χ1) is 6.61. The minimum atomic E-state index is -0.940. The van der Waals surface area contributed by atoms with Crippen molar-refractivity contribution >= 4 is 6.09 Å². The van der Waals surface area contributed by atoms with Gasteiger partial charge in [0.2, 0.25) is 0 Å². The van der Waals surface area contributed by atoms with E-state index in [0.717, 1.165) is 12.8 Å². The van der Waals surface area contributed by atoms with Crippen molar-refractivity contribution in [2.24, 2.45) is 5.73 Å². The molecule has 0 aromatic carbocycles. The Morgan fingerprint density at radius 1 is 1.64 bits per heavy atom. The maximum atomic E-state index is 11.3. The summed E-state index contributed by atoms with van der Waals surface area (Å²) in [6.07, 6.45) is 2.04. The highest BCUT2D eigenvalue weighted by atomic mass is 16.5. The first-order valence-corrected chi connectivity index (χ1v) is 4.87. The van der Waals surface area contributed by atoms with Crippen molar-refractivity contribution in [2.45, 2.75) is 24.9 Å². The van der Waals surface area contributed by atoms with Gasteiger partial charge in [0.1, 0.15) is 0 Å². The first-order valence-electron chi connectivity index (χ1n) is 4.87. The van der Waals surface area contributed by atoms with Crippen LogP contribution in [0.25, 0.3) is 0 Å². The number of amides is 1. The van der Waals surface area contributed by atoms with E-state index in [1.165, 1.54) is 12.0 Å². The van der Waals surface area contributed by atoms with Gasteiger partial charge in [-0.2, -0.15) is 0 Å². The van der Waals surface area contributed by atoms with E-state index < -0.39 is 11.7 Å². The number of rotatable bonds is 1. The van der Waals surface area contributed by atoms with Crippen LogP contribution in [0.1, 0.15) is 19.3 Å². The van der Waals surface area contributed by atoms with Crippen LogP contribution in [-0.2, 0) is 4.74 Å². The molecule has 1 saturated heterocycles. The van der Waals surface area contributed by atoms with E-state index in [2.05, 4.69) is 4.74 Å². The third kappa shape index (κ3) is 2.59. The molecule has 82 valence electrons. The van der Waals surface area contributed by atoms with Crippen LogP contribution in [0.5, 0.6) is 0 Å². The fourth-order valence-corrected chi connectivity index (χ4v) is 1.72. The van der Waals surface area contributed by atoms with Gasteiger partial charge in [0, 0.05) is 13.1 Å². The molecule has 1 atom stereocenters. The van der Waals surface area contributed by atoms with Crippen molar-refractivity contribution in [1.82, 2.24) is 4.90 Å². The number of β-amino-alcohol motifs (C(OH)–C–C–N with tert-alkyl or cyclic N) is 1. The molecular weight excluding hydrogens is 184 g/mol. The Labute approximate surface area is 83.8 Å². The Bertz CT molecular complexity index is 210. The lowest BCUT2D eigenvalue weighted by Gasteiger charge is -2.29. The van der Waals surface area contributed by atoms with Gasteiger partial charge in [-0.05, 0) is 19.3 Å². The molecule has 1 unspecified atom stereocenters. The number of hydrogen-bond acceptors (Lipinski definition) is 4. The quantitative estimate of drug-likeness (QED) is 0.624. The van der Waals surface area contributed by atoms with Crippen molar-refractivity contribution in [3.63, 3.8) is 0 Å². The van der Waals surface area contributed by atoms with Crippen molar-refractivity contribution in [3.8, 4) is 0 Å². The number of ether oxygens (including phenoxy) is 1. The molecule has 14 heavy (non-hydrogen) atoms. The molecular formula is C9H18N2O3. The summed E-state index contributed by atoms with van der Waals surface area (Å²) in [4.78, 5) is 12.8. The average molecular weight is 202 g/mol. The summed E-state index contributed by atoms with van der Waals surface area (Å²) in [6, 6.07) is 0. The predicted molar refractivity (Wildman–Crippen MR) is 51.8 cm³/mol. The second-order valence-electron chi connectivity index (χ2n) is 3.78. The third-order valence-electron chi connectivity index (χ3n) is 2.62. The summed E-state index contributed by atoms with van der Waals surface area (Å²) in [7, 11) is 1.34. The van der Waals surface area contributed by atoms with E-state index in [0.29, 0.717) is 13.0 Å². The zero-order valence-electron chi connectivity index (χ0n) is 8.53. The van der Waals surface area contributed by atoms with E-state index in [9.17, 15) is 9.90 Å². The zero-order valence-corrected chi connectivity index (χ0v) is 8.53. The van der Waals surface area contributed by atoms with Gasteiger partial charge in [-0.25, -0.2) is 4.79 Å². The topological polar surface area (TPSA) is 75.8 Å². The summed E-state index contributed by atoms with van der Waals surface area (Å²) >= 11 is 0. The lowest BCUT2D eigenvalue weighted by atomic mass is 9.98. The van der Waals surface area contributed by atoms with Crippen LogP contribution in [-0.4, -0.2) is 48.4 Å². The molecule has 5 nitrogen and oxygen atoms in total. The maximum absolute atomic E-state index is 11.3. The van der Waals surface area contributed by atoms with Crippen LogP contribution < -0.4 is 5.73 Å². The molecule has 1 rings (SSSR count). The number of carbonyl (C=O) groups excluding carboxylic acids is 1. The average Bonchev–Trinajstić information content (AvgIpc) is 2.40. The summed E-state index contributed by atoms with van der Waals surface area (Å²) in [5.74, 6) is 0. The summed E-state index contributed by atoms with van der Waals surface area (Å²) in [6.45, 7) is 1.09. The summed E-state index contributed by atoms with van der Waals surface area (Å²) in [5.41, 5.74) is 4.54. The van der Waals surface area contributed by atoms with E-state index in [4.69, 9.17) is 5.73 Å². The van der Waals surface area contributed by atoms with Crippen molar-refractivity contribution in [2.75, 3.05) is 26.7 Å². The fourth-order valence-electron chi connectivity index (χ4n) is 1.72. The Morgan fingerprint density at radius 3 is 2.93 bits per heavy atom. The first kappa shape index (κ1) is 11.3. The molecule has 5 heteroatoms. The number of methoxy groups -OCH3 is 1. The second kappa shape index (κ2) is 4.61. The second-order valence-corrected chi connectivity index (χ2v) is 3.78. The SMILES string of the molecule is COC(=O)N1CCCCC(O)(CN)C1. The fraction of sp³-hybridized carbons (Fsp3) is 0.889. The van der Waals surface area contributed by atoms with Crippen LogP contribution in [0.4, 0.5) is 4.79 Å². The number of carbonyl (C=O) groups is 1. The van der Waals surface area contributed by atoms with Gasteiger partial charge in [0.25, 0.3) is 0 Å². The lowest BCUT2D eigenvalue weighted by Crippen LogP contribution is -2.48. The van der Waals surface area contributed by atoms with Gasteiger partial charge in [-0.15, -0.1) is 0 Å². The normalized spacial score (nSPS) is 28.4. The monoisotopic (exact) mass is 202 g/mol. The van der Waals surface area contributed by atoms with E-state index in [-0.39, 0.29) is 13.1 Å². The van der Waals surface area contributed by atoms with Crippen LogP contribution in [0.2, 0.25) is 0 Å². The Morgan fingerprint density at radius 2 is 2.36 bits per heavy atom. The van der Waals surface area contributed by atoms with E-state index >= 15 is 0 Å². The number of hydrogen-bond donors (Lipinski definition) is 2. The molecule has 1 fully saturated rings. The molecule has 0 saturated carbocycles. The van der Waals surface area contributed by atoms with E-state index in [1.807, 2.05) is 0 Å². The molecule has 0 aromatic rings. The van der Waals surface area contributed by atoms with Crippen LogP contribution >= 0.6 is 0 Å². The highest BCUT2D eigenvalue weighted by Gasteiger charge is 2.32. The summed E-state index contributed by atoms with van der Waals surface area (Å²) < 4.78 is 4.62. The Kier molecular flexibility index (Phi) is 3.71. The lowest BCUT2D eigenvalue weighted by molar-refractivity contribution is 0.0140. The zero-order chi connectivity index (χ0) is 10.6. The third-order valence-corrected chi connectivity index (χ3v) is 2.62. The molecule has 1 amide bonds. The number of nitrogens with two attached hydrogens (primary N) is 1. The number of nitrogens with zero attached hydrogens (tertiary/aromatic N) is 1.